The first-order valence-corrected chi connectivity index (χ1v) is 26.6. The lowest BCUT2D eigenvalue weighted by molar-refractivity contribution is 0.208. The molecule has 4 N–H and O–H groups in total. The van der Waals surface area contributed by atoms with Crippen LogP contribution in [0, 0.1) is 11.8 Å². The van der Waals surface area contributed by atoms with Crippen molar-refractivity contribution in [3.05, 3.63) is 25.3 Å². The monoisotopic (exact) mass is 801 g/mol. The molecule has 57 heavy (non-hydrogen) atoms. The summed E-state index contributed by atoms with van der Waals surface area (Å²) in [6.07, 6.45) is 59.5. The molecule has 0 aliphatic rings. The minimum Gasteiger partial charge on any atom is -0.325 e. The molecule has 2 unspecified atom stereocenters. The Bertz CT molecular complexity index is 771. The highest BCUT2D eigenvalue weighted by atomic mass is 14.8. The Balaban J connectivity index is 0. The van der Waals surface area contributed by atoms with Crippen molar-refractivity contribution < 1.29 is 0 Å². The van der Waals surface area contributed by atoms with Gasteiger partial charge in [0.25, 0.3) is 0 Å². The van der Waals surface area contributed by atoms with Gasteiger partial charge in [0.1, 0.15) is 0 Å². The van der Waals surface area contributed by atoms with Gasteiger partial charge in [-0.1, -0.05) is 266 Å². The van der Waals surface area contributed by atoms with E-state index in [1.165, 1.54) is 250 Å². The van der Waals surface area contributed by atoms with Crippen LogP contribution in [0.1, 0.15) is 305 Å². The summed E-state index contributed by atoms with van der Waals surface area (Å²) in [5.74, 6) is 1.26. The minimum absolute atomic E-state index is 0.0390. The van der Waals surface area contributed by atoms with Crippen LogP contribution in [-0.2, 0) is 0 Å². The second kappa shape index (κ2) is 44.9. The standard InChI is InChI=1S/C28H57N.C27H55N/c1-5-9-12-13-14-15-16-17-18-19-20-21-22-24-27(23-8-4)28(29,25-10-6-2)26-11-7-3;1-5-9-12-13-14-15-16-17-18-19-20-21-23-26(22-8-4)27(28,24-10-6-2)25-11-7-3/h8,27H,4-7,9-26,29H2,1-3H3;8,26H,4-7,9-25,28H2,1-3H3. The zero-order valence-electron chi connectivity index (χ0n) is 40.9. The molecule has 0 aromatic rings. The fraction of sp³-hybridized carbons (Fsp3) is 0.927. The smallest absolute Gasteiger partial charge is 0.0185 e. The average molecular weight is 802 g/mol. The SMILES string of the molecule is C=CCC(CCCCCCCCCCCCCC)C(N)(CCCC)CCCC.C=CCC(CCCCCCCCCCCCCCC)C(N)(CCCC)CCCC. The summed E-state index contributed by atoms with van der Waals surface area (Å²) in [4.78, 5) is 0. The molecule has 0 amide bonds. The maximum absolute atomic E-state index is 7.00. The van der Waals surface area contributed by atoms with Crippen molar-refractivity contribution in [3.8, 4) is 0 Å². The summed E-state index contributed by atoms with van der Waals surface area (Å²) in [5, 5.41) is 0. The van der Waals surface area contributed by atoms with Gasteiger partial charge >= 0.3 is 0 Å². The topological polar surface area (TPSA) is 52.0 Å². The van der Waals surface area contributed by atoms with E-state index < -0.39 is 0 Å². The van der Waals surface area contributed by atoms with Gasteiger partial charge in [-0.15, -0.1) is 13.2 Å². The largest absolute Gasteiger partial charge is 0.325 e. The quantitative estimate of drug-likeness (QED) is 0.0476. The number of rotatable bonds is 45. The molecule has 0 bridgehead atoms. The lowest BCUT2D eigenvalue weighted by Crippen LogP contribution is -2.47. The van der Waals surface area contributed by atoms with Crippen molar-refractivity contribution in [1.82, 2.24) is 0 Å². The predicted octanol–water partition coefficient (Wildman–Crippen LogP) is 19.1. The first-order valence-electron chi connectivity index (χ1n) is 26.6. The Morgan fingerprint density at radius 3 is 0.702 bits per heavy atom. The van der Waals surface area contributed by atoms with Crippen LogP contribution >= 0.6 is 0 Å². The first kappa shape index (κ1) is 58.5. The summed E-state index contributed by atoms with van der Waals surface area (Å²) in [6.45, 7) is 21.8. The van der Waals surface area contributed by atoms with Crippen molar-refractivity contribution in [2.75, 3.05) is 0 Å². The molecule has 0 spiro atoms. The molecule has 0 heterocycles. The Kier molecular flexibility index (Phi) is 46.1. The number of nitrogens with two attached hydrogens (primary N) is 2. The molecule has 0 radical (unpaired) electrons. The van der Waals surface area contributed by atoms with Crippen LogP contribution in [0.2, 0.25) is 0 Å². The lowest BCUT2D eigenvalue weighted by Gasteiger charge is -2.38. The van der Waals surface area contributed by atoms with Gasteiger partial charge in [0.15, 0.2) is 0 Å². The molecule has 0 aliphatic heterocycles. The molecule has 2 atom stereocenters. The van der Waals surface area contributed by atoms with Crippen LogP contribution in [-0.4, -0.2) is 11.1 Å². The third kappa shape index (κ3) is 35.8. The molecule has 0 saturated heterocycles. The summed E-state index contributed by atoms with van der Waals surface area (Å²) in [6, 6.07) is 0. The van der Waals surface area contributed by atoms with Gasteiger partial charge < -0.3 is 11.5 Å². The van der Waals surface area contributed by atoms with E-state index in [0.717, 1.165) is 12.8 Å². The lowest BCUT2D eigenvalue weighted by atomic mass is 9.73. The van der Waals surface area contributed by atoms with Crippen LogP contribution in [0.15, 0.2) is 25.3 Å². The Labute approximate surface area is 363 Å². The summed E-state index contributed by atoms with van der Waals surface area (Å²) in [5.41, 5.74) is 14.1. The van der Waals surface area contributed by atoms with Crippen molar-refractivity contribution in [2.24, 2.45) is 23.3 Å². The van der Waals surface area contributed by atoms with Gasteiger partial charge in [-0.05, 0) is 63.2 Å². The van der Waals surface area contributed by atoms with E-state index in [4.69, 9.17) is 11.5 Å². The van der Waals surface area contributed by atoms with E-state index in [2.05, 4.69) is 66.9 Å². The molecule has 2 nitrogen and oxygen atoms in total. The molecule has 0 saturated carbocycles. The Hall–Kier alpha value is -0.600. The third-order valence-corrected chi connectivity index (χ3v) is 13.6. The van der Waals surface area contributed by atoms with Crippen molar-refractivity contribution in [1.29, 1.82) is 0 Å². The Morgan fingerprint density at radius 2 is 0.509 bits per heavy atom. The average Bonchev–Trinajstić information content (AvgIpc) is 3.22. The van der Waals surface area contributed by atoms with E-state index in [0.29, 0.717) is 11.8 Å². The van der Waals surface area contributed by atoms with Gasteiger partial charge in [-0.2, -0.15) is 0 Å². The zero-order chi connectivity index (χ0) is 42.6. The highest BCUT2D eigenvalue weighted by Gasteiger charge is 2.33. The van der Waals surface area contributed by atoms with Gasteiger partial charge in [-0.3, -0.25) is 0 Å². The maximum Gasteiger partial charge on any atom is 0.0185 e. The fourth-order valence-electron chi connectivity index (χ4n) is 9.41. The van der Waals surface area contributed by atoms with Crippen LogP contribution in [0.4, 0.5) is 0 Å². The second-order valence-electron chi connectivity index (χ2n) is 19.0. The van der Waals surface area contributed by atoms with E-state index >= 15 is 0 Å². The highest BCUT2D eigenvalue weighted by Crippen LogP contribution is 2.35. The van der Waals surface area contributed by atoms with Crippen LogP contribution in [0.25, 0.3) is 0 Å². The third-order valence-electron chi connectivity index (χ3n) is 13.6. The van der Waals surface area contributed by atoms with Crippen molar-refractivity contribution in [2.45, 2.75) is 316 Å². The first-order chi connectivity index (χ1) is 27.8. The van der Waals surface area contributed by atoms with Crippen LogP contribution in [0.3, 0.4) is 0 Å². The van der Waals surface area contributed by atoms with E-state index in [1.54, 1.807) is 0 Å². The summed E-state index contributed by atoms with van der Waals surface area (Å²) < 4.78 is 0. The van der Waals surface area contributed by atoms with Gasteiger partial charge in [0.2, 0.25) is 0 Å². The van der Waals surface area contributed by atoms with Crippen molar-refractivity contribution in [3.63, 3.8) is 0 Å². The summed E-state index contributed by atoms with van der Waals surface area (Å²) in [7, 11) is 0. The molecular formula is C55H112N2. The molecule has 0 fully saturated rings. The maximum atomic E-state index is 7.00. The normalized spacial score (nSPS) is 13.0. The van der Waals surface area contributed by atoms with Gasteiger partial charge in [0, 0.05) is 11.1 Å². The van der Waals surface area contributed by atoms with Crippen LogP contribution < -0.4 is 11.5 Å². The summed E-state index contributed by atoms with van der Waals surface area (Å²) >= 11 is 0. The molecule has 0 aromatic carbocycles. The van der Waals surface area contributed by atoms with E-state index in [9.17, 15) is 0 Å². The molecule has 0 aliphatic carbocycles. The molecule has 0 rings (SSSR count). The number of unbranched alkanes of at least 4 members (excludes halogenated alkanes) is 27. The molecular weight excluding hydrogens is 689 g/mol. The van der Waals surface area contributed by atoms with E-state index in [-0.39, 0.29) is 11.1 Å². The highest BCUT2D eigenvalue weighted by molar-refractivity contribution is 4.95. The zero-order valence-corrected chi connectivity index (χ0v) is 40.9. The van der Waals surface area contributed by atoms with E-state index in [1.807, 2.05) is 0 Å². The number of allylic oxidation sites excluding steroid dienone is 2. The second-order valence-corrected chi connectivity index (χ2v) is 19.0. The fourth-order valence-corrected chi connectivity index (χ4v) is 9.41. The predicted molar refractivity (Wildman–Crippen MR) is 265 cm³/mol. The van der Waals surface area contributed by atoms with Gasteiger partial charge in [-0.25, -0.2) is 0 Å². The minimum atomic E-state index is 0.0390. The number of hydrogen-bond acceptors (Lipinski definition) is 2. The van der Waals surface area contributed by atoms with Gasteiger partial charge in [0.05, 0.1) is 0 Å². The Morgan fingerprint density at radius 1 is 0.316 bits per heavy atom. The van der Waals surface area contributed by atoms with Crippen LogP contribution in [0.5, 0.6) is 0 Å². The molecule has 2 heteroatoms. The van der Waals surface area contributed by atoms with Crippen molar-refractivity contribution >= 4 is 0 Å². The molecule has 0 aromatic heterocycles. The number of hydrogen-bond donors (Lipinski definition) is 2. The molecule has 342 valence electrons.